The smallest absolute Gasteiger partial charge is 0.234 e. The number of nitrogens with zero attached hydrogens (tertiary/aromatic N) is 3. The first-order valence-corrected chi connectivity index (χ1v) is 8.69. The van der Waals surface area contributed by atoms with E-state index in [0.29, 0.717) is 16.4 Å². The number of carbonyl (C=O) groups excluding carboxylic acids is 1. The number of amides is 1. The standard InChI is InChI=1S/C18H17FN4OS/c1-12-8-9-14(10-16(12)19)20-17(24)11-25-18-22-21-13(2)23(18)15-6-4-3-5-7-15/h3-10H,11H2,1-2H3,(H,20,24). The molecule has 5 nitrogen and oxygen atoms in total. The second kappa shape index (κ2) is 7.48. The van der Waals surface area contributed by atoms with Gasteiger partial charge in [0.15, 0.2) is 5.16 Å². The molecule has 25 heavy (non-hydrogen) atoms. The number of hydrogen-bond acceptors (Lipinski definition) is 4. The molecule has 3 aromatic rings. The Bertz CT molecular complexity index is 895. The molecule has 0 unspecified atom stereocenters. The van der Waals surface area contributed by atoms with Gasteiger partial charge in [-0.1, -0.05) is 36.0 Å². The van der Waals surface area contributed by atoms with Gasteiger partial charge in [-0.25, -0.2) is 4.39 Å². The molecule has 1 N–H and O–H groups in total. The normalized spacial score (nSPS) is 10.7. The van der Waals surface area contributed by atoms with Crippen molar-refractivity contribution in [3.05, 3.63) is 65.7 Å². The van der Waals surface area contributed by atoms with Crippen molar-refractivity contribution in [1.82, 2.24) is 14.8 Å². The third-order valence-electron chi connectivity index (χ3n) is 3.60. The van der Waals surface area contributed by atoms with Gasteiger partial charge in [-0.3, -0.25) is 9.36 Å². The molecule has 0 aliphatic heterocycles. The Morgan fingerprint density at radius 3 is 2.64 bits per heavy atom. The third kappa shape index (κ3) is 4.06. The van der Waals surface area contributed by atoms with Crippen molar-refractivity contribution >= 4 is 23.4 Å². The van der Waals surface area contributed by atoms with Crippen molar-refractivity contribution in [2.24, 2.45) is 0 Å². The predicted octanol–water partition coefficient (Wildman–Crippen LogP) is 3.75. The SMILES string of the molecule is Cc1ccc(NC(=O)CSc2nnc(C)n2-c2ccccc2)cc1F. The van der Waals surface area contributed by atoms with Crippen molar-refractivity contribution < 1.29 is 9.18 Å². The minimum Gasteiger partial charge on any atom is -0.325 e. The summed E-state index contributed by atoms with van der Waals surface area (Å²) in [5.41, 5.74) is 1.92. The third-order valence-corrected chi connectivity index (χ3v) is 4.53. The molecule has 1 aromatic heterocycles. The summed E-state index contributed by atoms with van der Waals surface area (Å²) in [4.78, 5) is 12.1. The summed E-state index contributed by atoms with van der Waals surface area (Å²) in [7, 11) is 0. The molecule has 0 fully saturated rings. The largest absolute Gasteiger partial charge is 0.325 e. The zero-order valence-corrected chi connectivity index (χ0v) is 14.7. The van der Waals surface area contributed by atoms with Crippen LogP contribution in [0.5, 0.6) is 0 Å². The number of aromatic nitrogens is 3. The second-order valence-corrected chi connectivity index (χ2v) is 6.44. The highest BCUT2D eigenvalue weighted by Gasteiger charge is 2.13. The molecular formula is C18H17FN4OS. The summed E-state index contributed by atoms with van der Waals surface area (Å²) in [5.74, 6) is 0.327. The van der Waals surface area contributed by atoms with Gasteiger partial charge in [0.05, 0.1) is 5.75 Å². The first kappa shape index (κ1) is 17.2. The van der Waals surface area contributed by atoms with E-state index in [2.05, 4.69) is 15.5 Å². The fourth-order valence-electron chi connectivity index (χ4n) is 2.31. The number of carbonyl (C=O) groups is 1. The fraction of sp³-hybridized carbons (Fsp3) is 0.167. The van der Waals surface area contributed by atoms with Crippen LogP contribution in [0, 0.1) is 19.7 Å². The number of benzene rings is 2. The molecule has 2 aromatic carbocycles. The van der Waals surface area contributed by atoms with E-state index in [0.717, 1.165) is 11.5 Å². The Morgan fingerprint density at radius 1 is 1.16 bits per heavy atom. The summed E-state index contributed by atoms with van der Waals surface area (Å²) >= 11 is 1.28. The van der Waals surface area contributed by atoms with Crippen LogP contribution in [-0.2, 0) is 4.79 Å². The van der Waals surface area contributed by atoms with Crippen LogP contribution in [0.2, 0.25) is 0 Å². The van der Waals surface area contributed by atoms with E-state index in [4.69, 9.17) is 0 Å². The van der Waals surface area contributed by atoms with E-state index >= 15 is 0 Å². The fourth-order valence-corrected chi connectivity index (χ4v) is 3.11. The van der Waals surface area contributed by atoms with Crippen molar-refractivity contribution in [3.8, 4) is 5.69 Å². The van der Waals surface area contributed by atoms with E-state index in [1.54, 1.807) is 19.1 Å². The minimum absolute atomic E-state index is 0.153. The van der Waals surface area contributed by atoms with Gasteiger partial charge in [0.1, 0.15) is 11.6 Å². The number of hydrogen-bond donors (Lipinski definition) is 1. The van der Waals surface area contributed by atoms with E-state index < -0.39 is 0 Å². The number of nitrogens with one attached hydrogen (secondary N) is 1. The van der Waals surface area contributed by atoms with Crippen LogP contribution < -0.4 is 5.32 Å². The summed E-state index contributed by atoms with van der Waals surface area (Å²) in [6.45, 7) is 3.54. The molecule has 1 amide bonds. The zero-order valence-electron chi connectivity index (χ0n) is 13.9. The summed E-state index contributed by atoms with van der Waals surface area (Å²) in [6.07, 6.45) is 0. The number of para-hydroxylation sites is 1. The molecule has 0 spiro atoms. The van der Waals surface area contributed by atoms with Gasteiger partial charge in [0.2, 0.25) is 5.91 Å². The molecule has 0 aliphatic rings. The molecule has 0 atom stereocenters. The molecule has 1 heterocycles. The first-order valence-electron chi connectivity index (χ1n) is 7.71. The number of thioether (sulfide) groups is 1. The molecule has 0 radical (unpaired) electrons. The Balaban J connectivity index is 1.68. The lowest BCUT2D eigenvalue weighted by molar-refractivity contribution is -0.113. The Hall–Kier alpha value is -2.67. The van der Waals surface area contributed by atoms with Crippen LogP contribution in [0.1, 0.15) is 11.4 Å². The lowest BCUT2D eigenvalue weighted by Gasteiger charge is -2.09. The van der Waals surface area contributed by atoms with Gasteiger partial charge in [0, 0.05) is 11.4 Å². The van der Waals surface area contributed by atoms with Crippen LogP contribution in [-0.4, -0.2) is 26.4 Å². The molecule has 0 bridgehead atoms. The maximum absolute atomic E-state index is 13.5. The monoisotopic (exact) mass is 356 g/mol. The lowest BCUT2D eigenvalue weighted by Crippen LogP contribution is -2.14. The predicted molar refractivity (Wildman–Crippen MR) is 96.6 cm³/mol. The lowest BCUT2D eigenvalue weighted by atomic mass is 10.2. The molecule has 0 aliphatic carbocycles. The van der Waals surface area contributed by atoms with Crippen molar-refractivity contribution in [2.45, 2.75) is 19.0 Å². The number of rotatable bonds is 5. The molecule has 0 saturated carbocycles. The van der Waals surface area contributed by atoms with E-state index in [1.807, 2.05) is 41.8 Å². The van der Waals surface area contributed by atoms with Crippen LogP contribution in [0.3, 0.4) is 0 Å². The van der Waals surface area contributed by atoms with Gasteiger partial charge in [-0.2, -0.15) is 0 Å². The van der Waals surface area contributed by atoms with Crippen LogP contribution >= 0.6 is 11.8 Å². The van der Waals surface area contributed by atoms with E-state index in [9.17, 15) is 9.18 Å². The number of aryl methyl sites for hydroxylation is 2. The number of halogens is 1. The molecule has 0 saturated heterocycles. The summed E-state index contributed by atoms with van der Waals surface area (Å²) in [6, 6.07) is 14.3. The van der Waals surface area contributed by atoms with E-state index in [-0.39, 0.29) is 17.5 Å². The van der Waals surface area contributed by atoms with Gasteiger partial charge in [0.25, 0.3) is 0 Å². The zero-order chi connectivity index (χ0) is 17.8. The van der Waals surface area contributed by atoms with E-state index in [1.165, 1.54) is 17.8 Å². The first-order chi connectivity index (χ1) is 12.0. The van der Waals surface area contributed by atoms with Crippen LogP contribution in [0.15, 0.2) is 53.7 Å². The van der Waals surface area contributed by atoms with Crippen LogP contribution in [0.25, 0.3) is 5.69 Å². The average Bonchev–Trinajstić information content (AvgIpc) is 2.98. The highest BCUT2D eigenvalue weighted by atomic mass is 32.2. The van der Waals surface area contributed by atoms with Gasteiger partial charge >= 0.3 is 0 Å². The summed E-state index contributed by atoms with van der Waals surface area (Å²) in [5, 5.41) is 11.5. The van der Waals surface area contributed by atoms with Gasteiger partial charge in [-0.05, 0) is 43.7 Å². The highest BCUT2D eigenvalue weighted by Crippen LogP contribution is 2.22. The Morgan fingerprint density at radius 2 is 1.92 bits per heavy atom. The average molecular weight is 356 g/mol. The topological polar surface area (TPSA) is 59.8 Å². The van der Waals surface area contributed by atoms with Crippen molar-refractivity contribution in [1.29, 1.82) is 0 Å². The quantitative estimate of drug-likeness (QED) is 0.707. The Kier molecular flexibility index (Phi) is 5.14. The Labute approximate surface area is 149 Å². The van der Waals surface area contributed by atoms with Gasteiger partial charge in [-0.15, -0.1) is 10.2 Å². The molecule has 7 heteroatoms. The minimum atomic E-state index is -0.343. The highest BCUT2D eigenvalue weighted by molar-refractivity contribution is 7.99. The van der Waals surface area contributed by atoms with Gasteiger partial charge < -0.3 is 5.32 Å². The molecule has 3 rings (SSSR count). The second-order valence-electron chi connectivity index (χ2n) is 5.50. The van der Waals surface area contributed by atoms with Crippen LogP contribution in [0.4, 0.5) is 10.1 Å². The maximum atomic E-state index is 13.5. The number of anilines is 1. The maximum Gasteiger partial charge on any atom is 0.234 e. The van der Waals surface area contributed by atoms with Crippen molar-refractivity contribution in [3.63, 3.8) is 0 Å². The summed E-state index contributed by atoms with van der Waals surface area (Å²) < 4.78 is 15.4. The molecule has 128 valence electrons. The van der Waals surface area contributed by atoms with Crippen molar-refractivity contribution in [2.75, 3.05) is 11.1 Å². The molecular weight excluding hydrogens is 339 g/mol.